The van der Waals surface area contributed by atoms with Gasteiger partial charge in [0.1, 0.15) is 5.82 Å². The van der Waals surface area contributed by atoms with E-state index < -0.39 is 0 Å². The Morgan fingerprint density at radius 3 is 2.10 bits per heavy atom. The first kappa shape index (κ1) is 22.6. The van der Waals surface area contributed by atoms with E-state index in [4.69, 9.17) is 16.6 Å². The summed E-state index contributed by atoms with van der Waals surface area (Å²) >= 11 is 6.00. The highest BCUT2D eigenvalue weighted by atomic mass is 35.5. The molecule has 0 radical (unpaired) electrons. The molecule has 0 saturated carbocycles. The molecule has 1 heterocycles. The lowest BCUT2D eigenvalue weighted by Gasteiger charge is -2.07. The zero-order chi connectivity index (χ0) is 21.0. The Kier molecular flexibility index (Phi) is 9.50. The molecule has 2 aromatic carbocycles. The third-order valence-corrected chi connectivity index (χ3v) is 5.97. The van der Waals surface area contributed by atoms with Crippen LogP contribution in [0.4, 0.5) is 0 Å². The van der Waals surface area contributed by atoms with E-state index in [0.29, 0.717) is 0 Å². The molecule has 2 nitrogen and oxygen atoms in total. The number of benzene rings is 2. The standard InChI is InChI=1S/C27H35ClN2/c1-2-3-4-5-6-7-8-9-10-13-22-30-26-15-12-11-14-25(26)29-27(30)21-18-23-16-19-24(28)20-17-23/h11-12,14-21H,2-10,13,22H2,1H3/b21-18+. The molecule has 30 heavy (non-hydrogen) atoms. The van der Waals surface area contributed by atoms with E-state index in [9.17, 15) is 0 Å². The average Bonchev–Trinajstić information content (AvgIpc) is 3.12. The normalized spacial score (nSPS) is 11.7. The van der Waals surface area contributed by atoms with Gasteiger partial charge in [0.25, 0.3) is 0 Å². The Balaban J connectivity index is 1.53. The molecule has 0 saturated heterocycles. The highest BCUT2D eigenvalue weighted by molar-refractivity contribution is 6.30. The van der Waals surface area contributed by atoms with Crippen molar-refractivity contribution in [3.63, 3.8) is 0 Å². The number of nitrogens with zero attached hydrogens (tertiary/aromatic N) is 2. The molecule has 0 unspecified atom stereocenters. The van der Waals surface area contributed by atoms with E-state index in [1.54, 1.807) is 0 Å². The molecular formula is C27H35ClN2. The maximum absolute atomic E-state index is 6.00. The largest absolute Gasteiger partial charge is 0.324 e. The Labute approximate surface area is 187 Å². The zero-order valence-electron chi connectivity index (χ0n) is 18.3. The molecule has 0 spiro atoms. The van der Waals surface area contributed by atoms with Crippen molar-refractivity contribution in [1.82, 2.24) is 9.55 Å². The number of imidazole rings is 1. The molecular weight excluding hydrogens is 388 g/mol. The Hall–Kier alpha value is -2.06. The van der Waals surface area contributed by atoms with E-state index in [1.165, 1.54) is 69.7 Å². The summed E-state index contributed by atoms with van der Waals surface area (Å²) in [6.45, 7) is 3.31. The minimum absolute atomic E-state index is 0.764. The maximum Gasteiger partial charge on any atom is 0.133 e. The van der Waals surface area contributed by atoms with Gasteiger partial charge in [0.2, 0.25) is 0 Å². The fourth-order valence-corrected chi connectivity index (χ4v) is 4.08. The molecule has 0 aliphatic heterocycles. The van der Waals surface area contributed by atoms with Crippen LogP contribution in [0, 0.1) is 0 Å². The highest BCUT2D eigenvalue weighted by Gasteiger charge is 2.07. The van der Waals surface area contributed by atoms with Crippen LogP contribution in [0.25, 0.3) is 23.2 Å². The summed E-state index contributed by atoms with van der Waals surface area (Å²) in [5.74, 6) is 1.03. The lowest BCUT2D eigenvalue weighted by molar-refractivity contribution is 0.537. The quantitative estimate of drug-likeness (QED) is 0.251. The molecule has 0 bridgehead atoms. The molecule has 0 amide bonds. The topological polar surface area (TPSA) is 17.8 Å². The van der Waals surface area contributed by atoms with Gasteiger partial charge in [-0.25, -0.2) is 4.98 Å². The van der Waals surface area contributed by atoms with Gasteiger partial charge in [0, 0.05) is 11.6 Å². The summed E-state index contributed by atoms with van der Waals surface area (Å²) in [5.41, 5.74) is 3.43. The molecule has 3 aromatic rings. The van der Waals surface area contributed by atoms with Gasteiger partial charge in [-0.15, -0.1) is 0 Å². The summed E-state index contributed by atoms with van der Waals surface area (Å²) in [4.78, 5) is 4.86. The summed E-state index contributed by atoms with van der Waals surface area (Å²) in [6.07, 6.45) is 17.8. The second kappa shape index (κ2) is 12.6. The van der Waals surface area contributed by atoms with Gasteiger partial charge >= 0.3 is 0 Å². The van der Waals surface area contributed by atoms with Crippen LogP contribution in [-0.4, -0.2) is 9.55 Å². The van der Waals surface area contributed by atoms with Crippen molar-refractivity contribution in [3.8, 4) is 0 Å². The number of fused-ring (bicyclic) bond motifs is 1. The first-order chi connectivity index (χ1) is 14.8. The number of aryl methyl sites for hydroxylation is 1. The zero-order valence-corrected chi connectivity index (χ0v) is 19.1. The monoisotopic (exact) mass is 422 g/mol. The minimum Gasteiger partial charge on any atom is -0.324 e. The number of rotatable bonds is 13. The van der Waals surface area contributed by atoms with E-state index in [0.717, 1.165) is 28.5 Å². The summed E-state index contributed by atoms with van der Waals surface area (Å²) in [6, 6.07) is 16.4. The first-order valence-corrected chi connectivity index (χ1v) is 12.0. The molecule has 160 valence electrons. The van der Waals surface area contributed by atoms with Crippen molar-refractivity contribution in [3.05, 3.63) is 64.9 Å². The van der Waals surface area contributed by atoms with Gasteiger partial charge in [-0.3, -0.25) is 0 Å². The lowest BCUT2D eigenvalue weighted by Crippen LogP contribution is -2.00. The fraction of sp³-hybridized carbons (Fsp3) is 0.444. The van der Waals surface area contributed by atoms with Gasteiger partial charge < -0.3 is 4.57 Å². The molecule has 0 N–H and O–H groups in total. The number of aromatic nitrogens is 2. The van der Waals surface area contributed by atoms with E-state index in [1.807, 2.05) is 24.3 Å². The van der Waals surface area contributed by atoms with Gasteiger partial charge in [0.05, 0.1) is 11.0 Å². The predicted molar refractivity (Wildman–Crippen MR) is 132 cm³/mol. The van der Waals surface area contributed by atoms with Crippen molar-refractivity contribution in [2.45, 2.75) is 77.7 Å². The number of unbranched alkanes of at least 4 members (excludes halogenated alkanes) is 9. The van der Waals surface area contributed by atoms with Crippen LogP contribution in [0.15, 0.2) is 48.5 Å². The Bertz CT molecular complexity index is 908. The first-order valence-electron chi connectivity index (χ1n) is 11.7. The van der Waals surface area contributed by atoms with Crippen molar-refractivity contribution in [1.29, 1.82) is 0 Å². The Morgan fingerprint density at radius 1 is 0.767 bits per heavy atom. The van der Waals surface area contributed by atoms with Crippen LogP contribution in [-0.2, 0) is 6.54 Å². The SMILES string of the molecule is CCCCCCCCCCCCn1c(/C=C/c2ccc(Cl)cc2)nc2ccccc21. The third-order valence-electron chi connectivity index (χ3n) is 5.71. The Morgan fingerprint density at radius 2 is 1.40 bits per heavy atom. The third kappa shape index (κ3) is 7.02. The van der Waals surface area contributed by atoms with Crippen molar-refractivity contribution < 1.29 is 0 Å². The van der Waals surface area contributed by atoms with Crippen molar-refractivity contribution >= 4 is 34.8 Å². The summed E-state index contributed by atoms with van der Waals surface area (Å²) in [5, 5.41) is 0.764. The molecule has 3 rings (SSSR count). The molecule has 0 atom stereocenters. The average molecular weight is 423 g/mol. The van der Waals surface area contributed by atoms with Gasteiger partial charge in [-0.05, 0) is 42.3 Å². The van der Waals surface area contributed by atoms with E-state index in [2.05, 4.69) is 47.9 Å². The molecule has 1 aromatic heterocycles. The molecule has 0 aliphatic rings. The van der Waals surface area contributed by atoms with Crippen molar-refractivity contribution in [2.75, 3.05) is 0 Å². The second-order valence-corrected chi connectivity index (χ2v) is 8.61. The van der Waals surface area contributed by atoms with Gasteiger partial charge in [0.15, 0.2) is 0 Å². The fourth-order valence-electron chi connectivity index (χ4n) is 3.96. The minimum atomic E-state index is 0.764. The van der Waals surface area contributed by atoms with Crippen LogP contribution < -0.4 is 0 Å². The number of hydrogen-bond acceptors (Lipinski definition) is 1. The van der Waals surface area contributed by atoms with E-state index >= 15 is 0 Å². The number of halogens is 1. The van der Waals surface area contributed by atoms with Gasteiger partial charge in [-0.1, -0.05) is 107 Å². The second-order valence-electron chi connectivity index (χ2n) is 8.18. The number of hydrogen-bond donors (Lipinski definition) is 0. The van der Waals surface area contributed by atoms with Crippen molar-refractivity contribution in [2.24, 2.45) is 0 Å². The lowest BCUT2D eigenvalue weighted by atomic mass is 10.1. The van der Waals surface area contributed by atoms with Gasteiger partial charge in [-0.2, -0.15) is 0 Å². The molecule has 3 heteroatoms. The van der Waals surface area contributed by atoms with Crippen LogP contribution in [0.5, 0.6) is 0 Å². The molecule has 0 fully saturated rings. The number of para-hydroxylation sites is 2. The van der Waals surface area contributed by atoms with Crippen LogP contribution in [0.1, 0.15) is 82.5 Å². The maximum atomic E-state index is 6.00. The van der Waals surface area contributed by atoms with E-state index in [-0.39, 0.29) is 0 Å². The summed E-state index contributed by atoms with van der Waals surface area (Å²) < 4.78 is 2.37. The predicted octanol–water partition coefficient (Wildman–Crippen LogP) is 8.78. The van der Waals surface area contributed by atoms with Crippen LogP contribution in [0.3, 0.4) is 0 Å². The smallest absolute Gasteiger partial charge is 0.133 e. The van der Waals surface area contributed by atoms with Crippen LogP contribution >= 0.6 is 11.6 Å². The van der Waals surface area contributed by atoms with Crippen LogP contribution in [0.2, 0.25) is 5.02 Å². The summed E-state index contributed by atoms with van der Waals surface area (Å²) in [7, 11) is 0. The highest BCUT2D eigenvalue weighted by Crippen LogP contribution is 2.20. The molecule has 0 aliphatic carbocycles.